The third-order valence-electron chi connectivity index (χ3n) is 6.98. The van der Waals surface area contributed by atoms with Crippen LogP contribution in [0, 0.1) is 0 Å². The number of pyridine rings is 1. The van der Waals surface area contributed by atoms with E-state index in [-0.39, 0.29) is 39.7 Å². The van der Waals surface area contributed by atoms with E-state index in [0.717, 1.165) is 41.9 Å². The Morgan fingerprint density at radius 1 is 0.959 bits per heavy atom. The molecule has 0 aliphatic carbocycles. The van der Waals surface area contributed by atoms with Crippen LogP contribution in [0.2, 0.25) is 0 Å². The van der Waals surface area contributed by atoms with Gasteiger partial charge in [0, 0.05) is 18.3 Å². The lowest BCUT2D eigenvalue weighted by atomic mass is 10.1. The minimum atomic E-state index is -5.02. The summed E-state index contributed by atoms with van der Waals surface area (Å²) in [6.07, 6.45) is -6.30. The third-order valence-corrected chi connectivity index (χ3v) is 6.98. The predicted octanol–water partition coefficient (Wildman–Crippen LogP) is 4.51. The van der Waals surface area contributed by atoms with Gasteiger partial charge in [0.05, 0.1) is 62.6 Å². The second-order valence-electron chi connectivity index (χ2n) is 10.4. The molecule has 0 radical (unpaired) electrons. The molecule has 2 aromatic carbocycles. The van der Waals surface area contributed by atoms with E-state index in [1.807, 2.05) is 6.92 Å². The highest BCUT2D eigenvalue weighted by molar-refractivity contribution is 5.96. The van der Waals surface area contributed by atoms with Gasteiger partial charge in [0.25, 0.3) is 5.91 Å². The molecule has 0 atom stereocenters. The molecule has 0 saturated heterocycles. The van der Waals surface area contributed by atoms with Crippen LogP contribution < -0.4 is 37.9 Å². The lowest BCUT2D eigenvalue weighted by Gasteiger charge is -2.18. The zero-order valence-corrected chi connectivity index (χ0v) is 25.3. The molecule has 1 amide bonds. The summed E-state index contributed by atoms with van der Waals surface area (Å²) in [5.41, 5.74) is 6.18. The molecule has 13 nitrogen and oxygen atoms in total. The van der Waals surface area contributed by atoms with Crippen LogP contribution in [0.5, 0.6) is 0 Å². The van der Waals surface area contributed by atoms with E-state index in [4.69, 9.17) is 16.7 Å². The zero-order chi connectivity index (χ0) is 36.3. The predicted molar refractivity (Wildman–Crippen MR) is 164 cm³/mol. The van der Waals surface area contributed by atoms with Gasteiger partial charge >= 0.3 is 24.3 Å². The smallest absolute Gasteiger partial charge is 0.417 e. The van der Waals surface area contributed by atoms with Gasteiger partial charge in [-0.05, 0) is 55.0 Å². The summed E-state index contributed by atoms with van der Waals surface area (Å²) in [6, 6.07) is 7.44. The van der Waals surface area contributed by atoms with Gasteiger partial charge in [-0.25, -0.2) is 20.4 Å². The van der Waals surface area contributed by atoms with Gasteiger partial charge in [0.15, 0.2) is 0 Å². The highest BCUT2D eigenvalue weighted by atomic mass is 19.4. The lowest BCUT2D eigenvalue weighted by molar-refractivity contribution is -0.138. The van der Waals surface area contributed by atoms with E-state index < -0.39 is 52.5 Å². The number of carboxylic acid groups (broad SMARTS) is 2. The molecule has 0 unspecified atom stereocenters. The second kappa shape index (κ2) is 14.1. The highest BCUT2D eigenvalue weighted by Crippen LogP contribution is 2.36. The van der Waals surface area contributed by atoms with Crippen molar-refractivity contribution >= 4 is 40.6 Å². The summed E-state index contributed by atoms with van der Waals surface area (Å²) in [5.74, 6) is 1.85. The first-order valence-electron chi connectivity index (χ1n) is 14.1. The number of carboxylic acids is 2. The standard InChI is InChI=1S/C30H28F6N8O5/c1-2-3-8-39-26(45)15-9-23(22(37)13-43(38)16-4-6-18(27(46)47)20(11-16)29(31,32)33)40-24(10-15)25-14-44(42-41-25)17-5-7-19(28(48)49)21(12-17)30(34,35)36/h4-7,9-14,41-42H,2-3,8,37-38H2,1H3,(H,39,45)(H,46,47)(H,48,49)/b22-13-. The number of amides is 1. The summed E-state index contributed by atoms with van der Waals surface area (Å²) in [6.45, 7) is 2.23. The first-order valence-corrected chi connectivity index (χ1v) is 14.1. The highest BCUT2D eigenvalue weighted by Gasteiger charge is 2.37. The number of anilines is 2. The molecule has 9 N–H and O–H groups in total. The lowest BCUT2D eigenvalue weighted by Crippen LogP contribution is -2.36. The SMILES string of the molecule is CCCCNC(=O)c1cc(C2=CN(c3ccc(C(=O)O)c(C(F)(F)F)c3)NN2)nc(/C(N)=C/N(N)c2ccc(C(=O)O)c(C(F)(F)F)c2)c1. The van der Waals surface area contributed by atoms with Crippen LogP contribution in [0.25, 0.3) is 11.4 Å². The first-order chi connectivity index (χ1) is 22.9. The van der Waals surface area contributed by atoms with Crippen LogP contribution in [-0.4, -0.2) is 39.6 Å². The molecule has 19 heteroatoms. The van der Waals surface area contributed by atoms with E-state index >= 15 is 0 Å². The zero-order valence-electron chi connectivity index (χ0n) is 25.3. The number of unbranched alkanes of at least 4 members (excludes halogenated alkanes) is 1. The van der Waals surface area contributed by atoms with Crippen molar-refractivity contribution in [2.75, 3.05) is 16.6 Å². The molecule has 2 heterocycles. The van der Waals surface area contributed by atoms with E-state index in [2.05, 4.69) is 21.3 Å². The molecular weight excluding hydrogens is 666 g/mol. The van der Waals surface area contributed by atoms with Crippen molar-refractivity contribution in [3.05, 3.63) is 100 Å². The first kappa shape index (κ1) is 36.0. The largest absolute Gasteiger partial charge is 0.478 e. The molecule has 1 aliphatic heterocycles. The van der Waals surface area contributed by atoms with Crippen molar-refractivity contribution in [3.8, 4) is 0 Å². The number of hydrogen-bond donors (Lipinski definition) is 7. The number of hydrazine groups is 3. The average Bonchev–Trinajstić information content (AvgIpc) is 3.53. The molecule has 0 spiro atoms. The van der Waals surface area contributed by atoms with Gasteiger partial charge in [-0.1, -0.05) is 13.3 Å². The molecule has 49 heavy (non-hydrogen) atoms. The summed E-state index contributed by atoms with van der Waals surface area (Å²) in [4.78, 5) is 40.1. The summed E-state index contributed by atoms with van der Waals surface area (Å²) < 4.78 is 81.5. The fourth-order valence-electron chi connectivity index (χ4n) is 4.52. The number of nitrogens with zero attached hydrogens (tertiary/aromatic N) is 3. The maximum absolute atomic E-state index is 13.6. The molecule has 0 saturated carbocycles. The molecular formula is C30H28F6N8O5. The number of hydrogen-bond acceptors (Lipinski definition) is 10. The van der Waals surface area contributed by atoms with E-state index in [1.54, 1.807) is 0 Å². The van der Waals surface area contributed by atoms with Crippen molar-refractivity contribution in [2.45, 2.75) is 32.1 Å². The van der Waals surface area contributed by atoms with Crippen LogP contribution in [0.1, 0.15) is 73.4 Å². The number of alkyl halides is 6. The van der Waals surface area contributed by atoms with Crippen molar-refractivity contribution in [1.82, 2.24) is 21.3 Å². The quantitative estimate of drug-likeness (QED) is 0.0643. The Labute approximate surface area is 273 Å². The number of halogens is 6. The number of aromatic nitrogens is 1. The number of aromatic carboxylic acids is 2. The number of benzene rings is 2. The van der Waals surface area contributed by atoms with Crippen molar-refractivity contribution in [3.63, 3.8) is 0 Å². The van der Waals surface area contributed by atoms with Crippen molar-refractivity contribution in [1.29, 1.82) is 0 Å². The van der Waals surface area contributed by atoms with Crippen LogP contribution in [0.15, 0.2) is 60.9 Å². The topological polar surface area (TPSA) is 199 Å². The van der Waals surface area contributed by atoms with Gasteiger partial charge in [0.2, 0.25) is 0 Å². The van der Waals surface area contributed by atoms with Crippen LogP contribution >= 0.6 is 0 Å². The molecule has 0 fully saturated rings. The molecule has 1 aromatic heterocycles. The summed E-state index contributed by atoms with van der Waals surface area (Å²) in [5, 5.41) is 22.9. The van der Waals surface area contributed by atoms with Crippen LogP contribution in [0.4, 0.5) is 37.7 Å². The Balaban J connectivity index is 1.74. The Morgan fingerprint density at radius 3 is 2.16 bits per heavy atom. The normalized spacial score (nSPS) is 13.5. The van der Waals surface area contributed by atoms with Crippen LogP contribution in [0.3, 0.4) is 0 Å². The Hall–Kier alpha value is -5.82. The second-order valence-corrected chi connectivity index (χ2v) is 10.4. The number of rotatable bonds is 11. The molecule has 0 bridgehead atoms. The minimum absolute atomic E-state index is 0.0347. The molecule has 3 aromatic rings. The summed E-state index contributed by atoms with van der Waals surface area (Å²) in [7, 11) is 0. The van der Waals surface area contributed by atoms with E-state index in [9.17, 15) is 45.8 Å². The van der Waals surface area contributed by atoms with Gasteiger partial charge in [-0.2, -0.15) is 26.3 Å². The minimum Gasteiger partial charge on any atom is -0.478 e. The number of carbonyl (C=O) groups is 3. The van der Waals surface area contributed by atoms with Crippen molar-refractivity contribution in [2.24, 2.45) is 11.6 Å². The Morgan fingerprint density at radius 2 is 1.57 bits per heavy atom. The monoisotopic (exact) mass is 694 g/mol. The Kier molecular flexibility index (Phi) is 10.4. The average molecular weight is 695 g/mol. The van der Waals surface area contributed by atoms with Gasteiger partial charge in [-0.3, -0.25) is 20.2 Å². The van der Waals surface area contributed by atoms with Gasteiger partial charge in [-0.15, -0.1) is 5.53 Å². The maximum atomic E-state index is 13.6. The third kappa shape index (κ3) is 8.37. The van der Waals surface area contributed by atoms with E-state index in [0.29, 0.717) is 30.1 Å². The fourth-order valence-corrected chi connectivity index (χ4v) is 4.52. The van der Waals surface area contributed by atoms with Crippen molar-refractivity contribution < 1.29 is 50.9 Å². The molecule has 1 aliphatic rings. The maximum Gasteiger partial charge on any atom is 0.417 e. The number of nitrogens with one attached hydrogen (secondary N) is 3. The molecule has 260 valence electrons. The number of nitrogens with two attached hydrogens (primary N) is 2. The number of carbonyl (C=O) groups excluding carboxylic acids is 1. The fraction of sp³-hybridized carbons (Fsp3) is 0.200. The molecule has 4 rings (SSSR count). The van der Waals surface area contributed by atoms with Gasteiger partial charge < -0.3 is 21.3 Å². The summed E-state index contributed by atoms with van der Waals surface area (Å²) >= 11 is 0. The van der Waals surface area contributed by atoms with E-state index in [1.165, 1.54) is 18.3 Å². The Bertz CT molecular complexity index is 1840. The van der Waals surface area contributed by atoms with Gasteiger partial charge in [0.1, 0.15) is 0 Å². The van der Waals surface area contributed by atoms with Crippen LogP contribution in [-0.2, 0) is 12.4 Å².